The molecule has 0 saturated heterocycles. The van der Waals surface area contributed by atoms with Gasteiger partial charge in [0.1, 0.15) is 0 Å². The van der Waals surface area contributed by atoms with Gasteiger partial charge < -0.3 is 15.3 Å². The number of likely N-dealkylation sites (N-methyl/N-ethyl adjacent to an activating group) is 1. The third-order valence-electron chi connectivity index (χ3n) is 6.89. The van der Waals surface area contributed by atoms with Gasteiger partial charge in [-0.05, 0) is 37.0 Å². The molecule has 10 heteroatoms. The molecule has 3 atom stereocenters. The quantitative estimate of drug-likeness (QED) is 0.519. The van der Waals surface area contributed by atoms with E-state index in [1.807, 2.05) is 6.92 Å². The number of pyridine rings is 1. The van der Waals surface area contributed by atoms with Gasteiger partial charge in [0.15, 0.2) is 0 Å². The van der Waals surface area contributed by atoms with E-state index in [1.54, 1.807) is 24.3 Å². The molecule has 1 aromatic heterocycles. The van der Waals surface area contributed by atoms with Crippen LogP contribution in [-0.4, -0.2) is 46.9 Å². The number of fused-ring (bicyclic) bond motifs is 1. The van der Waals surface area contributed by atoms with Crippen molar-refractivity contribution in [1.29, 1.82) is 0 Å². The van der Waals surface area contributed by atoms with Crippen molar-refractivity contribution in [2.45, 2.75) is 63.9 Å². The Labute approximate surface area is 213 Å². The normalized spacial score (nSPS) is 19.5. The zero-order valence-electron chi connectivity index (χ0n) is 20.8. The zero-order chi connectivity index (χ0) is 26.7. The number of para-hydroxylation sites is 1. The Hall–Kier alpha value is -3.27. The Balaban J connectivity index is 1.71. The third kappa shape index (κ3) is 6.18. The average Bonchev–Trinajstić information content (AvgIpc) is 3.71. The van der Waals surface area contributed by atoms with E-state index in [4.69, 9.17) is 0 Å². The van der Waals surface area contributed by atoms with Crippen LogP contribution in [0.3, 0.4) is 0 Å². The van der Waals surface area contributed by atoms with Crippen molar-refractivity contribution in [3.8, 4) is 0 Å². The van der Waals surface area contributed by atoms with Crippen LogP contribution in [-0.2, 0) is 15.8 Å². The molecule has 37 heavy (non-hydrogen) atoms. The molecule has 0 radical (unpaired) electrons. The van der Waals surface area contributed by atoms with Gasteiger partial charge in [-0.3, -0.25) is 14.6 Å². The first kappa shape index (κ1) is 26.8. The molecule has 1 aliphatic carbocycles. The predicted octanol–water partition coefficient (Wildman–Crippen LogP) is 4.32. The number of nitrogens with one attached hydrogen (secondary N) is 1. The topological polar surface area (TPSA) is 94.9 Å². The number of hydrogen-bond acceptors (Lipinski definition) is 5. The number of aliphatic hydroxyl groups excluding tert-OH is 1. The Morgan fingerprint density at radius 1 is 1.24 bits per heavy atom. The zero-order valence-corrected chi connectivity index (χ0v) is 20.8. The molecule has 7 nitrogen and oxygen atoms in total. The van der Waals surface area contributed by atoms with E-state index in [9.17, 15) is 27.9 Å². The number of halogens is 3. The highest BCUT2D eigenvalue weighted by atomic mass is 19.4. The number of benzodiazepines with no additional fused rings is 1. The van der Waals surface area contributed by atoms with Crippen molar-refractivity contribution in [3.63, 3.8) is 0 Å². The van der Waals surface area contributed by atoms with Crippen molar-refractivity contribution in [3.05, 3.63) is 59.4 Å². The molecular formula is C27H31F3N4O3. The summed E-state index contributed by atoms with van der Waals surface area (Å²) >= 11 is 0. The first-order valence-corrected chi connectivity index (χ1v) is 12.6. The summed E-state index contributed by atoms with van der Waals surface area (Å²) in [6.07, 6.45) is -1.19. The molecule has 2 heterocycles. The molecule has 198 valence electrons. The highest BCUT2D eigenvalue weighted by molar-refractivity contribution is 6.19. The summed E-state index contributed by atoms with van der Waals surface area (Å²) in [5.74, 6) is -1.38. The van der Waals surface area contributed by atoms with Crippen LogP contribution in [0.5, 0.6) is 0 Å². The molecule has 1 saturated carbocycles. The third-order valence-corrected chi connectivity index (χ3v) is 6.89. The van der Waals surface area contributed by atoms with Gasteiger partial charge in [0, 0.05) is 18.8 Å². The van der Waals surface area contributed by atoms with Crippen LogP contribution in [0.4, 0.5) is 18.9 Å². The average molecular weight is 517 g/mol. The number of nitrogens with zero attached hydrogens (tertiary/aromatic N) is 3. The number of aromatic nitrogens is 1. The molecule has 0 spiro atoms. The number of unbranched alkanes of at least 4 members (excludes halogenated alkanes) is 1. The Bertz CT molecular complexity index is 1180. The van der Waals surface area contributed by atoms with Crippen LogP contribution in [0.1, 0.15) is 62.3 Å². The highest BCUT2D eigenvalue weighted by Gasteiger charge is 2.38. The van der Waals surface area contributed by atoms with Crippen molar-refractivity contribution < 1.29 is 27.9 Å². The van der Waals surface area contributed by atoms with Crippen molar-refractivity contribution in [1.82, 2.24) is 10.3 Å². The van der Waals surface area contributed by atoms with Gasteiger partial charge in [-0.15, -0.1) is 0 Å². The number of alkyl halides is 3. The van der Waals surface area contributed by atoms with Crippen molar-refractivity contribution >= 4 is 23.2 Å². The Morgan fingerprint density at radius 2 is 1.97 bits per heavy atom. The first-order chi connectivity index (χ1) is 17.6. The summed E-state index contributed by atoms with van der Waals surface area (Å²) in [6, 6.07) is 8.45. The smallest absolute Gasteiger partial charge is 0.392 e. The molecule has 3 unspecified atom stereocenters. The molecule has 1 fully saturated rings. The fourth-order valence-electron chi connectivity index (χ4n) is 4.56. The molecule has 2 N–H and O–H groups in total. The summed E-state index contributed by atoms with van der Waals surface area (Å²) in [4.78, 5) is 36.7. The van der Waals surface area contributed by atoms with Crippen LogP contribution in [0.25, 0.3) is 0 Å². The Morgan fingerprint density at radius 3 is 2.65 bits per heavy atom. The molecule has 4 rings (SSSR count). The number of benzene rings is 1. The predicted molar refractivity (Wildman–Crippen MR) is 133 cm³/mol. The number of amides is 2. The second kappa shape index (κ2) is 11.0. The summed E-state index contributed by atoms with van der Waals surface area (Å²) < 4.78 is 40.3. The molecule has 2 aliphatic rings. The van der Waals surface area contributed by atoms with E-state index >= 15 is 0 Å². The fourth-order valence-corrected chi connectivity index (χ4v) is 4.56. The van der Waals surface area contributed by atoms with E-state index in [0.717, 1.165) is 44.0 Å². The lowest BCUT2D eigenvalue weighted by Crippen LogP contribution is -2.49. The minimum atomic E-state index is -4.59. The maximum Gasteiger partial charge on any atom is 0.416 e. The monoisotopic (exact) mass is 516 g/mol. The standard InChI is InChI=1S/C27H31F3N4O3/c1-3-4-9-22(35)19(14-16-10-11-16)25(36)33-24-26(37)34(2)21-8-6-5-7-18(21)23(32-24)20-15-17(12-13-31-20)27(28,29)30/h5-8,12-13,15-16,19,22,24,35H,3-4,9-11,14H2,1-2H3,(H,33,36). The molecule has 2 amide bonds. The number of rotatable bonds is 9. The summed E-state index contributed by atoms with van der Waals surface area (Å²) in [7, 11) is 1.52. The van der Waals surface area contributed by atoms with Crippen LogP contribution in [0.15, 0.2) is 47.6 Å². The number of aliphatic imine (C=N–C) groups is 1. The van der Waals surface area contributed by atoms with Gasteiger partial charge >= 0.3 is 6.18 Å². The first-order valence-electron chi connectivity index (χ1n) is 12.6. The van der Waals surface area contributed by atoms with Gasteiger partial charge in [0.05, 0.1) is 34.7 Å². The minimum absolute atomic E-state index is 0.0648. The highest BCUT2D eigenvalue weighted by Crippen LogP contribution is 2.37. The maximum atomic E-state index is 13.4. The number of carbonyl (C=O) groups excluding carboxylic acids is 2. The van der Waals surface area contributed by atoms with E-state index in [0.29, 0.717) is 30.0 Å². The van der Waals surface area contributed by atoms with E-state index in [2.05, 4.69) is 15.3 Å². The second-order valence-electron chi connectivity index (χ2n) is 9.73. The van der Waals surface area contributed by atoms with Crippen LogP contribution < -0.4 is 10.2 Å². The fraction of sp³-hybridized carbons (Fsp3) is 0.481. The van der Waals surface area contributed by atoms with Crippen LogP contribution in [0, 0.1) is 11.8 Å². The van der Waals surface area contributed by atoms with Crippen molar-refractivity contribution in [2.24, 2.45) is 16.8 Å². The molecule has 1 aromatic carbocycles. The van der Waals surface area contributed by atoms with E-state index in [-0.39, 0.29) is 11.4 Å². The van der Waals surface area contributed by atoms with Gasteiger partial charge in [0.25, 0.3) is 5.91 Å². The lowest BCUT2D eigenvalue weighted by Gasteiger charge is -2.25. The molecule has 1 aliphatic heterocycles. The van der Waals surface area contributed by atoms with Gasteiger partial charge in [-0.1, -0.05) is 50.8 Å². The molecule has 0 bridgehead atoms. The number of anilines is 1. The van der Waals surface area contributed by atoms with Gasteiger partial charge in [-0.2, -0.15) is 13.2 Å². The van der Waals surface area contributed by atoms with E-state index < -0.39 is 41.7 Å². The second-order valence-corrected chi connectivity index (χ2v) is 9.73. The SMILES string of the molecule is CCCCC(O)C(CC1CC1)C(=O)NC1N=C(c2cc(C(F)(F)F)ccn2)c2ccccc2N(C)C1=O. The van der Waals surface area contributed by atoms with Crippen LogP contribution >= 0.6 is 0 Å². The summed E-state index contributed by atoms with van der Waals surface area (Å²) in [5, 5.41) is 13.4. The minimum Gasteiger partial charge on any atom is -0.392 e. The van der Waals surface area contributed by atoms with Gasteiger partial charge in [-0.25, -0.2) is 4.99 Å². The number of aliphatic hydroxyl groups is 1. The number of hydrogen-bond donors (Lipinski definition) is 2. The number of carbonyl (C=O) groups is 2. The maximum absolute atomic E-state index is 13.4. The van der Waals surface area contributed by atoms with Gasteiger partial charge in [0.2, 0.25) is 12.1 Å². The molecule has 2 aromatic rings. The lowest BCUT2D eigenvalue weighted by atomic mass is 9.91. The molecular weight excluding hydrogens is 485 g/mol. The summed E-state index contributed by atoms with van der Waals surface area (Å²) in [5.41, 5.74) is -0.0537. The Kier molecular flexibility index (Phi) is 7.96. The lowest BCUT2D eigenvalue weighted by molar-refractivity contribution is -0.137. The summed E-state index contributed by atoms with van der Waals surface area (Å²) in [6.45, 7) is 2.00. The largest absolute Gasteiger partial charge is 0.416 e. The van der Waals surface area contributed by atoms with Crippen molar-refractivity contribution in [2.75, 3.05) is 11.9 Å². The van der Waals surface area contributed by atoms with E-state index in [1.165, 1.54) is 11.9 Å². The van der Waals surface area contributed by atoms with Crippen LogP contribution in [0.2, 0.25) is 0 Å².